The van der Waals surface area contributed by atoms with Gasteiger partial charge in [0.1, 0.15) is 5.60 Å². The quantitative estimate of drug-likeness (QED) is 0.434. The number of carbonyl (C=O) groups excluding carboxylic acids is 1. The lowest BCUT2D eigenvalue weighted by molar-refractivity contribution is 0.0206. The number of likely N-dealkylation sites (tertiary alicyclic amines) is 1. The van der Waals surface area contributed by atoms with Gasteiger partial charge in [-0.15, -0.1) is 0 Å². The second kappa shape index (κ2) is 8.63. The fourth-order valence-corrected chi connectivity index (χ4v) is 4.63. The zero-order valence-corrected chi connectivity index (χ0v) is 20.2. The fraction of sp³-hybridized carbons (Fsp3) is 0.370. The summed E-state index contributed by atoms with van der Waals surface area (Å²) in [6, 6.07) is 12.9. The maximum Gasteiger partial charge on any atom is 0.410 e. The summed E-state index contributed by atoms with van der Waals surface area (Å²) in [7, 11) is 2.06. The highest BCUT2D eigenvalue weighted by Crippen LogP contribution is 2.33. The summed E-state index contributed by atoms with van der Waals surface area (Å²) in [5.74, 6) is 0. The molecule has 1 fully saturated rings. The molecule has 1 aliphatic rings. The normalized spacial score (nSPS) is 16.7. The number of hydrogen-bond donors (Lipinski definition) is 1. The third-order valence-electron chi connectivity index (χ3n) is 6.22. The van der Waals surface area contributed by atoms with E-state index in [1.54, 1.807) is 17.3 Å². The maximum absolute atomic E-state index is 12.6. The Kier molecular flexibility index (Phi) is 5.63. The van der Waals surface area contributed by atoms with Crippen LogP contribution in [0.5, 0.6) is 0 Å². The first-order chi connectivity index (χ1) is 16.3. The highest BCUT2D eigenvalue weighted by atomic mass is 16.6. The number of rotatable bonds is 3. The van der Waals surface area contributed by atoms with Crippen LogP contribution in [0, 0.1) is 0 Å². The number of anilines is 1. The van der Waals surface area contributed by atoms with Crippen LogP contribution in [0.15, 0.2) is 55.0 Å². The van der Waals surface area contributed by atoms with Crippen molar-refractivity contribution in [1.82, 2.24) is 19.4 Å². The average molecular weight is 458 g/mol. The van der Waals surface area contributed by atoms with E-state index in [4.69, 9.17) is 4.74 Å². The van der Waals surface area contributed by atoms with Crippen molar-refractivity contribution in [3.05, 3.63) is 55.0 Å². The van der Waals surface area contributed by atoms with Gasteiger partial charge in [-0.2, -0.15) is 0 Å². The summed E-state index contributed by atoms with van der Waals surface area (Å²) in [4.78, 5) is 23.6. The van der Waals surface area contributed by atoms with Crippen LogP contribution in [0.4, 0.5) is 10.5 Å². The van der Waals surface area contributed by atoms with E-state index in [0.29, 0.717) is 6.54 Å². The molecule has 3 heterocycles. The van der Waals surface area contributed by atoms with Crippen molar-refractivity contribution < 1.29 is 9.53 Å². The SMILES string of the molecule is Cn1ccc2ccc(-c3cc(NC4CCCN(C(=O)OC(C)(C)C)C4)cc4nccnc34)cc21. The lowest BCUT2D eigenvalue weighted by Crippen LogP contribution is -2.46. The number of amides is 1. The summed E-state index contributed by atoms with van der Waals surface area (Å²) < 4.78 is 7.71. The summed E-state index contributed by atoms with van der Waals surface area (Å²) in [6.45, 7) is 7.02. The molecule has 4 aromatic rings. The molecule has 7 heteroatoms. The summed E-state index contributed by atoms with van der Waals surface area (Å²) >= 11 is 0. The topological polar surface area (TPSA) is 72.3 Å². The Morgan fingerprint density at radius 3 is 2.76 bits per heavy atom. The predicted molar refractivity (Wildman–Crippen MR) is 136 cm³/mol. The predicted octanol–water partition coefficient (Wildman–Crippen LogP) is 5.60. The van der Waals surface area contributed by atoms with Gasteiger partial charge in [0.25, 0.3) is 0 Å². The van der Waals surface area contributed by atoms with Crippen LogP contribution in [0.1, 0.15) is 33.6 Å². The first kappa shape index (κ1) is 22.2. The maximum atomic E-state index is 12.6. The minimum absolute atomic E-state index is 0.138. The van der Waals surface area contributed by atoms with Gasteiger partial charge in [-0.05, 0) is 68.8 Å². The molecular formula is C27H31N5O2. The monoisotopic (exact) mass is 457 g/mol. The molecule has 1 unspecified atom stereocenters. The van der Waals surface area contributed by atoms with Crippen molar-refractivity contribution in [2.45, 2.75) is 45.3 Å². The third kappa shape index (κ3) is 4.55. The van der Waals surface area contributed by atoms with Crippen LogP contribution in [-0.4, -0.2) is 50.3 Å². The van der Waals surface area contributed by atoms with E-state index < -0.39 is 5.60 Å². The molecule has 176 valence electrons. The summed E-state index contributed by atoms with van der Waals surface area (Å²) in [5.41, 5.74) is 5.51. The van der Waals surface area contributed by atoms with E-state index >= 15 is 0 Å². The Balaban J connectivity index is 1.45. The molecule has 0 radical (unpaired) electrons. The fourth-order valence-electron chi connectivity index (χ4n) is 4.63. The molecule has 1 amide bonds. The van der Waals surface area contributed by atoms with Crippen LogP contribution in [0.25, 0.3) is 33.1 Å². The van der Waals surface area contributed by atoms with Gasteiger partial charge in [0.15, 0.2) is 0 Å². The summed E-state index contributed by atoms with van der Waals surface area (Å²) in [5, 5.41) is 4.86. The molecule has 0 bridgehead atoms. The Labute approximate surface area is 199 Å². The molecule has 0 aliphatic carbocycles. The smallest absolute Gasteiger partial charge is 0.410 e. The molecule has 0 saturated carbocycles. The lowest BCUT2D eigenvalue weighted by Gasteiger charge is -2.35. The Hall–Kier alpha value is -3.61. The molecular weight excluding hydrogens is 426 g/mol. The number of carbonyl (C=O) groups is 1. The largest absolute Gasteiger partial charge is 0.444 e. The molecule has 1 saturated heterocycles. The Morgan fingerprint density at radius 2 is 1.94 bits per heavy atom. The number of ether oxygens (including phenoxy) is 1. The highest BCUT2D eigenvalue weighted by molar-refractivity contribution is 5.97. The van der Waals surface area contributed by atoms with E-state index in [1.807, 2.05) is 26.8 Å². The number of piperidine rings is 1. The number of nitrogens with zero attached hydrogens (tertiary/aromatic N) is 4. The molecule has 1 atom stereocenters. The summed E-state index contributed by atoms with van der Waals surface area (Å²) in [6.07, 6.45) is 7.20. The van der Waals surface area contributed by atoms with Crippen molar-refractivity contribution in [1.29, 1.82) is 0 Å². The van der Waals surface area contributed by atoms with Crippen molar-refractivity contribution in [3.63, 3.8) is 0 Å². The molecule has 0 spiro atoms. The van der Waals surface area contributed by atoms with Crippen molar-refractivity contribution in [2.75, 3.05) is 18.4 Å². The van der Waals surface area contributed by atoms with E-state index in [1.165, 1.54) is 10.9 Å². The van der Waals surface area contributed by atoms with Gasteiger partial charge in [-0.3, -0.25) is 9.97 Å². The second-order valence-electron chi connectivity index (χ2n) is 10.1. The van der Waals surface area contributed by atoms with Gasteiger partial charge >= 0.3 is 6.09 Å². The second-order valence-corrected chi connectivity index (χ2v) is 10.1. The van der Waals surface area contributed by atoms with Gasteiger partial charge in [0.05, 0.1) is 11.0 Å². The molecule has 1 aliphatic heterocycles. The zero-order valence-electron chi connectivity index (χ0n) is 20.2. The van der Waals surface area contributed by atoms with E-state index in [-0.39, 0.29) is 12.1 Å². The standard InChI is InChI=1S/C27H31N5O2/c1-27(2,3)34-26(33)32-12-5-6-20(17-32)30-21-15-22(25-23(16-21)28-10-11-29-25)19-8-7-18-9-13-31(4)24(18)14-19/h7-11,13-16,20,30H,5-6,12,17H2,1-4H3. The van der Waals surface area contributed by atoms with Gasteiger partial charge in [-0.25, -0.2) is 4.79 Å². The Bertz CT molecular complexity index is 1350. The van der Waals surface area contributed by atoms with Gasteiger partial charge in [0.2, 0.25) is 0 Å². The number of aryl methyl sites for hydroxylation is 1. The zero-order chi connectivity index (χ0) is 23.9. The first-order valence-electron chi connectivity index (χ1n) is 11.8. The van der Waals surface area contributed by atoms with Crippen LogP contribution in [0.3, 0.4) is 0 Å². The third-order valence-corrected chi connectivity index (χ3v) is 6.22. The Morgan fingerprint density at radius 1 is 1.12 bits per heavy atom. The van der Waals surface area contributed by atoms with Gasteiger partial charge in [-0.1, -0.05) is 12.1 Å². The molecule has 1 N–H and O–H groups in total. The number of aromatic nitrogens is 3. The molecule has 5 rings (SSSR count). The molecule has 7 nitrogen and oxygen atoms in total. The van der Waals surface area contributed by atoms with E-state index in [9.17, 15) is 4.79 Å². The van der Waals surface area contributed by atoms with E-state index in [0.717, 1.165) is 47.2 Å². The van der Waals surface area contributed by atoms with Crippen molar-refractivity contribution >= 4 is 33.7 Å². The minimum Gasteiger partial charge on any atom is -0.444 e. The van der Waals surface area contributed by atoms with Crippen LogP contribution < -0.4 is 5.32 Å². The molecule has 2 aromatic carbocycles. The number of fused-ring (bicyclic) bond motifs is 2. The van der Waals surface area contributed by atoms with Crippen LogP contribution in [0.2, 0.25) is 0 Å². The molecule has 2 aromatic heterocycles. The van der Waals surface area contributed by atoms with Crippen molar-refractivity contribution in [3.8, 4) is 11.1 Å². The van der Waals surface area contributed by atoms with Crippen LogP contribution in [-0.2, 0) is 11.8 Å². The number of benzene rings is 2. The van der Waals surface area contributed by atoms with Crippen LogP contribution >= 0.6 is 0 Å². The first-order valence-corrected chi connectivity index (χ1v) is 11.8. The van der Waals surface area contributed by atoms with E-state index in [2.05, 4.69) is 63.4 Å². The number of nitrogens with one attached hydrogen (secondary N) is 1. The van der Waals surface area contributed by atoms with Gasteiger partial charge in [0, 0.05) is 61.5 Å². The minimum atomic E-state index is -0.497. The molecule has 34 heavy (non-hydrogen) atoms. The average Bonchev–Trinajstić information content (AvgIpc) is 3.18. The lowest BCUT2D eigenvalue weighted by atomic mass is 10.0. The highest BCUT2D eigenvalue weighted by Gasteiger charge is 2.27. The number of hydrogen-bond acceptors (Lipinski definition) is 5. The van der Waals surface area contributed by atoms with Gasteiger partial charge < -0.3 is 19.5 Å². The van der Waals surface area contributed by atoms with Crippen molar-refractivity contribution in [2.24, 2.45) is 7.05 Å².